The van der Waals surface area contributed by atoms with Crippen molar-refractivity contribution in [2.45, 2.75) is 12.8 Å². The number of rotatable bonds is 3. The van der Waals surface area contributed by atoms with Crippen LogP contribution in [0.5, 0.6) is 0 Å². The number of piperidine rings is 1. The van der Waals surface area contributed by atoms with Crippen LogP contribution in [0.3, 0.4) is 0 Å². The van der Waals surface area contributed by atoms with Crippen LogP contribution in [0.4, 0.5) is 4.39 Å². The predicted molar refractivity (Wildman–Crippen MR) is 47.3 cm³/mol. The SMILES string of the molecule is CN1CCC(C(CF)C(=O)O)CC1. The van der Waals surface area contributed by atoms with Crippen molar-refractivity contribution in [2.24, 2.45) is 11.8 Å². The van der Waals surface area contributed by atoms with Crippen LogP contribution >= 0.6 is 0 Å². The van der Waals surface area contributed by atoms with Crippen LogP contribution in [0.1, 0.15) is 12.8 Å². The Morgan fingerprint density at radius 3 is 2.54 bits per heavy atom. The number of nitrogens with zero attached hydrogens (tertiary/aromatic N) is 1. The number of carbonyl (C=O) groups is 1. The minimum atomic E-state index is -0.989. The van der Waals surface area contributed by atoms with Gasteiger partial charge in [0.2, 0.25) is 0 Å². The Bertz CT molecular complexity index is 178. The minimum absolute atomic E-state index is 0.0266. The second-order valence-corrected chi connectivity index (χ2v) is 3.74. The first-order chi connectivity index (χ1) is 6.15. The lowest BCUT2D eigenvalue weighted by atomic mass is 9.85. The van der Waals surface area contributed by atoms with Gasteiger partial charge < -0.3 is 10.0 Å². The summed E-state index contributed by atoms with van der Waals surface area (Å²) in [5.41, 5.74) is 0. The van der Waals surface area contributed by atoms with E-state index < -0.39 is 18.6 Å². The predicted octanol–water partition coefficient (Wildman–Crippen LogP) is 0.998. The molecule has 4 heteroatoms. The molecule has 0 amide bonds. The lowest BCUT2D eigenvalue weighted by molar-refractivity contribution is -0.145. The quantitative estimate of drug-likeness (QED) is 0.720. The summed E-state index contributed by atoms with van der Waals surface area (Å²) in [4.78, 5) is 12.8. The van der Waals surface area contributed by atoms with Gasteiger partial charge in [0.1, 0.15) is 6.67 Å². The van der Waals surface area contributed by atoms with Crippen LogP contribution in [0.2, 0.25) is 0 Å². The second-order valence-electron chi connectivity index (χ2n) is 3.74. The maximum Gasteiger partial charge on any atom is 0.309 e. The summed E-state index contributed by atoms with van der Waals surface area (Å²) < 4.78 is 12.4. The van der Waals surface area contributed by atoms with Crippen molar-refractivity contribution in [3.63, 3.8) is 0 Å². The summed E-state index contributed by atoms with van der Waals surface area (Å²) in [6, 6.07) is 0. The Hall–Kier alpha value is -0.640. The van der Waals surface area contributed by atoms with Gasteiger partial charge in [-0.1, -0.05) is 0 Å². The lowest BCUT2D eigenvalue weighted by Crippen LogP contribution is -2.36. The van der Waals surface area contributed by atoms with Gasteiger partial charge >= 0.3 is 5.97 Å². The number of hydrogen-bond acceptors (Lipinski definition) is 2. The third kappa shape index (κ3) is 2.66. The molecule has 1 saturated heterocycles. The molecule has 0 aromatic rings. The van der Waals surface area contributed by atoms with Crippen molar-refractivity contribution in [2.75, 3.05) is 26.8 Å². The molecule has 0 radical (unpaired) electrons. The van der Waals surface area contributed by atoms with Gasteiger partial charge in [0.25, 0.3) is 0 Å². The lowest BCUT2D eigenvalue weighted by Gasteiger charge is -2.31. The first-order valence-corrected chi connectivity index (χ1v) is 4.62. The Morgan fingerprint density at radius 2 is 2.15 bits per heavy atom. The Labute approximate surface area is 77.5 Å². The van der Waals surface area contributed by atoms with E-state index in [1.165, 1.54) is 0 Å². The van der Waals surface area contributed by atoms with E-state index >= 15 is 0 Å². The summed E-state index contributed by atoms with van der Waals surface area (Å²) >= 11 is 0. The molecule has 0 bridgehead atoms. The molecular weight excluding hydrogens is 173 g/mol. The number of likely N-dealkylation sites (tertiary alicyclic amines) is 1. The van der Waals surface area contributed by atoms with Crippen molar-refractivity contribution in [3.8, 4) is 0 Å². The van der Waals surface area contributed by atoms with Gasteiger partial charge in [-0.15, -0.1) is 0 Å². The van der Waals surface area contributed by atoms with Crippen LogP contribution in [-0.4, -0.2) is 42.8 Å². The second kappa shape index (κ2) is 4.56. The largest absolute Gasteiger partial charge is 0.481 e. The van der Waals surface area contributed by atoms with Crippen molar-refractivity contribution < 1.29 is 14.3 Å². The fraction of sp³-hybridized carbons (Fsp3) is 0.889. The van der Waals surface area contributed by atoms with Crippen LogP contribution < -0.4 is 0 Å². The van der Waals surface area contributed by atoms with E-state index in [2.05, 4.69) is 4.90 Å². The van der Waals surface area contributed by atoms with E-state index in [-0.39, 0.29) is 5.92 Å². The van der Waals surface area contributed by atoms with Gasteiger partial charge in [-0.2, -0.15) is 0 Å². The normalized spacial score (nSPS) is 22.9. The summed E-state index contributed by atoms with van der Waals surface area (Å²) in [6.07, 6.45) is 1.61. The monoisotopic (exact) mass is 189 g/mol. The van der Waals surface area contributed by atoms with Crippen LogP contribution in [-0.2, 0) is 4.79 Å². The molecule has 1 aliphatic rings. The molecular formula is C9H16FNO2. The number of hydrogen-bond donors (Lipinski definition) is 1. The molecule has 1 fully saturated rings. The van der Waals surface area contributed by atoms with Crippen molar-refractivity contribution in [1.29, 1.82) is 0 Å². The minimum Gasteiger partial charge on any atom is -0.481 e. The number of carboxylic acids is 1. The van der Waals surface area contributed by atoms with E-state index in [0.717, 1.165) is 25.9 Å². The molecule has 1 aliphatic heterocycles. The molecule has 0 saturated carbocycles. The van der Waals surface area contributed by atoms with Gasteiger partial charge in [-0.05, 0) is 38.9 Å². The van der Waals surface area contributed by atoms with Gasteiger partial charge in [-0.25, -0.2) is 0 Å². The van der Waals surface area contributed by atoms with E-state index in [1.807, 2.05) is 7.05 Å². The molecule has 1 N–H and O–H groups in total. The van der Waals surface area contributed by atoms with Gasteiger partial charge in [0, 0.05) is 0 Å². The highest BCUT2D eigenvalue weighted by atomic mass is 19.1. The Morgan fingerprint density at radius 1 is 1.62 bits per heavy atom. The molecule has 1 rings (SSSR count). The number of carboxylic acid groups (broad SMARTS) is 1. The van der Waals surface area contributed by atoms with Gasteiger partial charge in [0.15, 0.2) is 0 Å². The maximum atomic E-state index is 12.4. The molecule has 13 heavy (non-hydrogen) atoms. The van der Waals surface area contributed by atoms with Crippen LogP contribution in [0, 0.1) is 11.8 Å². The zero-order chi connectivity index (χ0) is 9.84. The summed E-state index contributed by atoms with van der Waals surface area (Å²) in [7, 11) is 2.00. The van der Waals surface area contributed by atoms with E-state index in [9.17, 15) is 9.18 Å². The molecule has 0 aliphatic carbocycles. The van der Waals surface area contributed by atoms with Gasteiger partial charge in [0.05, 0.1) is 5.92 Å². The highest BCUT2D eigenvalue weighted by Gasteiger charge is 2.30. The van der Waals surface area contributed by atoms with Crippen molar-refractivity contribution in [1.82, 2.24) is 4.90 Å². The van der Waals surface area contributed by atoms with E-state index in [0.29, 0.717) is 0 Å². The van der Waals surface area contributed by atoms with Crippen LogP contribution in [0.25, 0.3) is 0 Å². The third-order valence-electron chi connectivity index (χ3n) is 2.82. The Kier molecular flexibility index (Phi) is 3.66. The molecule has 0 spiro atoms. The van der Waals surface area contributed by atoms with E-state index in [1.54, 1.807) is 0 Å². The topological polar surface area (TPSA) is 40.5 Å². The maximum absolute atomic E-state index is 12.4. The number of aliphatic carboxylic acids is 1. The molecule has 1 atom stereocenters. The fourth-order valence-electron chi connectivity index (χ4n) is 1.82. The van der Waals surface area contributed by atoms with Crippen molar-refractivity contribution >= 4 is 5.97 Å². The van der Waals surface area contributed by atoms with Gasteiger partial charge in [-0.3, -0.25) is 9.18 Å². The highest BCUT2D eigenvalue weighted by molar-refractivity contribution is 5.70. The smallest absolute Gasteiger partial charge is 0.309 e. The molecule has 1 unspecified atom stereocenters. The average Bonchev–Trinajstić information content (AvgIpc) is 2.09. The number of alkyl halides is 1. The highest BCUT2D eigenvalue weighted by Crippen LogP contribution is 2.25. The average molecular weight is 189 g/mol. The first-order valence-electron chi connectivity index (χ1n) is 4.62. The standard InChI is InChI=1S/C9H16FNO2/c1-11-4-2-7(3-5-11)8(6-10)9(12)13/h7-8H,2-6H2,1H3,(H,12,13). The third-order valence-corrected chi connectivity index (χ3v) is 2.82. The van der Waals surface area contributed by atoms with E-state index in [4.69, 9.17) is 5.11 Å². The molecule has 3 nitrogen and oxygen atoms in total. The molecule has 1 heterocycles. The summed E-state index contributed by atoms with van der Waals surface area (Å²) in [5, 5.41) is 8.74. The molecule has 0 aromatic heterocycles. The fourth-order valence-corrected chi connectivity index (χ4v) is 1.82. The first kappa shape index (κ1) is 10.4. The molecule has 76 valence electrons. The van der Waals surface area contributed by atoms with Crippen molar-refractivity contribution in [3.05, 3.63) is 0 Å². The zero-order valence-corrected chi connectivity index (χ0v) is 7.87. The summed E-state index contributed by atoms with van der Waals surface area (Å²) in [5.74, 6) is -1.75. The summed E-state index contributed by atoms with van der Waals surface area (Å²) in [6.45, 7) is 1.03. The molecule has 0 aromatic carbocycles. The van der Waals surface area contributed by atoms with Crippen LogP contribution in [0.15, 0.2) is 0 Å². The number of halogens is 1. The Balaban J connectivity index is 2.46. The zero-order valence-electron chi connectivity index (χ0n) is 7.87.